The Balaban J connectivity index is 2.08. The fourth-order valence-electron chi connectivity index (χ4n) is 2.15. The fraction of sp³-hybridized carbons (Fsp3) is 0.273. The first-order valence-electron chi connectivity index (χ1n) is 4.86. The molecule has 0 spiro atoms. The Labute approximate surface area is 87.0 Å². The molecule has 1 amide bonds. The topological polar surface area (TPSA) is 50.7 Å². The van der Waals surface area contributed by atoms with Crippen LogP contribution in [0.3, 0.4) is 0 Å². The predicted molar refractivity (Wildman–Crippen MR) is 54.5 cm³/mol. The van der Waals surface area contributed by atoms with Gasteiger partial charge in [0.05, 0.1) is 6.54 Å². The Morgan fingerprint density at radius 2 is 2.20 bits per heavy atom. The number of nitrogens with one attached hydrogen (secondary N) is 1. The first kappa shape index (κ1) is 8.47. The van der Waals surface area contributed by atoms with Gasteiger partial charge in [-0.2, -0.15) is 0 Å². The van der Waals surface area contributed by atoms with Gasteiger partial charge in [0.1, 0.15) is 0 Å². The summed E-state index contributed by atoms with van der Waals surface area (Å²) in [4.78, 5) is 15.6. The van der Waals surface area contributed by atoms with E-state index in [-0.39, 0.29) is 5.91 Å². The van der Waals surface area contributed by atoms with E-state index < -0.39 is 11.6 Å². The molecule has 1 aromatic rings. The van der Waals surface area contributed by atoms with E-state index in [4.69, 9.17) is 4.74 Å². The highest BCUT2D eigenvalue weighted by Gasteiger charge is 2.54. The van der Waals surface area contributed by atoms with Gasteiger partial charge in [0.25, 0.3) is 0 Å². The van der Waals surface area contributed by atoms with Gasteiger partial charge in [-0.25, -0.2) is 4.99 Å². The second-order valence-corrected chi connectivity index (χ2v) is 3.75. The normalized spacial score (nSPS) is 32.3. The number of ether oxygens (including phenoxy) is 1. The minimum atomic E-state index is -0.613. The van der Waals surface area contributed by atoms with Gasteiger partial charge in [-0.05, 0) is 5.56 Å². The number of amides is 1. The highest BCUT2D eigenvalue weighted by Crippen LogP contribution is 2.37. The Morgan fingerprint density at radius 1 is 1.40 bits per heavy atom. The number of nitrogens with zero attached hydrogens (tertiary/aromatic N) is 1. The molecule has 0 unspecified atom stereocenters. The van der Waals surface area contributed by atoms with Gasteiger partial charge in [0, 0.05) is 0 Å². The van der Waals surface area contributed by atoms with Crippen LogP contribution in [0.2, 0.25) is 0 Å². The minimum absolute atomic E-state index is 0.0624. The Kier molecular flexibility index (Phi) is 1.59. The molecule has 0 saturated carbocycles. The molecule has 0 radical (unpaired) electrons. The molecule has 2 heterocycles. The van der Waals surface area contributed by atoms with Crippen LogP contribution >= 0.6 is 0 Å². The second-order valence-electron chi connectivity index (χ2n) is 3.75. The van der Waals surface area contributed by atoms with Crippen LogP contribution in [0.4, 0.5) is 0 Å². The first-order chi connectivity index (χ1) is 7.33. The van der Waals surface area contributed by atoms with Gasteiger partial charge >= 0.3 is 0 Å². The zero-order chi connectivity index (χ0) is 10.3. The van der Waals surface area contributed by atoms with Crippen molar-refractivity contribution in [2.75, 3.05) is 6.54 Å². The van der Waals surface area contributed by atoms with Crippen molar-refractivity contribution in [3.63, 3.8) is 0 Å². The summed E-state index contributed by atoms with van der Waals surface area (Å²) in [6, 6.07) is 9.30. The molecule has 1 aromatic carbocycles. The molecule has 1 N–H and O–H groups in total. The highest BCUT2D eigenvalue weighted by molar-refractivity contribution is 5.89. The average Bonchev–Trinajstić information content (AvgIpc) is 2.83. The van der Waals surface area contributed by atoms with E-state index >= 15 is 0 Å². The lowest BCUT2D eigenvalue weighted by molar-refractivity contribution is -0.121. The molecule has 15 heavy (non-hydrogen) atoms. The van der Waals surface area contributed by atoms with E-state index in [0.717, 1.165) is 5.56 Å². The number of aliphatic imine (C=N–C) groups is 1. The SMILES string of the molecule is O=C1NC[C@@]2(c3ccccc3)OC=N[C@@H]12. The molecule has 4 nitrogen and oxygen atoms in total. The maximum absolute atomic E-state index is 11.5. The number of fused-ring (bicyclic) bond motifs is 1. The van der Waals surface area contributed by atoms with Crippen molar-refractivity contribution in [2.24, 2.45) is 4.99 Å². The third-order valence-electron chi connectivity index (χ3n) is 2.95. The van der Waals surface area contributed by atoms with Gasteiger partial charge < -0.3 is 10.1 Å². The summed E-state index contributed by atoms with van der Waals surface area (Å²) >= 11 is 0. The fourth-order valence-corrected chi connectivity index (χ4v) is 2.15. The van der Waals surface area contributed by atoms with Gasteiger partial charge in [0.15, 0.2) is 18.0 Å². The van der Waals surface area contributed by atoms with E-state index in [1.807, 2.05) is 30.3 Å². The van der Waals surface area contributed by atoms with Gasteiger partial charge in [-0.15, -0.1) is 0 Å². The smallest absolute Gasteiger partial charge is 0.249 e. The lowest BCUT2D eigenvalue weighted by Gasteiger charge is -2.25. The van der Waals surface area contributed by atoms with Crippen LogP contribution in [0, 0.1) is 0 Å². The summed E-state index contributed by atoms with van der Waals surface area (Å²) in [7, 11) is 0. The molecule has 2 aliphatic heterocycles. The Morgan fingerprint density at radius 3 is 3.00 bits per heavy atom. The highest BCUT2D eigenvalue weighted by atomic mass is 16.5. The Hall–Kier alpha value is -1.84. The van der Waals surface area contributed by atoms with E-state index in [1.54, 1.807) is 0 Å². The number of hydrogen-bond donors (Lipinski definition) is 1. The summed E-state index contributed by atoms with van der Waals surface area (Å²) in [6.45, 7) is 0.487. The summed E-state index contributed by atoms with van der Waals surface area (Å²) < 4.78 is 5.55. The van der Waals surface area contributed by atoms with Crippen LogP contribution < -0.4 is 5.32 Å². The number of benzene rings is 1. The molecule has 0 aromatic heterocycles. The summed E-state index contributed by atoms with van der Waals surface area (Å²) in [5, 5.41) is 2.78. The van der Waals surface area contributed by atoms with Crippen molar-refractivity contribution in [1.82, 2.24) is 5.32 Å². The summed E-state index contributed by atoms with van der Waals surface area (Å²) in [6.07, 6.45) is 1.39. The van der Waals surface area contributed by atoms with Crippen LogP contribution in [-0.4, -0.2) is 24.9 Å². The maximum Gasteiger partial charge on any atom is 0.249 e. The predicted octanol–water partition coefficient (Wildman–Crippen LogP) is 0.439. The van der Waals surface area contributed by atoms with E-state index in [1.165, 1.54) is 6.40 Å². The number of hydrogen-bond acceptors (Lipinski definition) is 3. The zero-order valence-electron chi connectivity index (χ0n) is 8.01. The molecule has 2 atom stereocenters. The van der Waals surface area contributed by atoms with Crippen LogP contribution in [-0.2, 0) is 15.1 Å². The largest absolute Gasteiger partial charge is 0.468 e. The van der Waals surface area contributed by atoms with Crippen molar-refractivity contribution in [3.8, 4) is 0 Å². The van der Waals surface area contributed by atoms with Crippen molar-refractivity contribution in [2.45, 2.75) is 11.6 Å². The standard InChI is InChI=1S/C11H10N2O2/c14-10-9-11(6-12-10,15-7-13-9)8-4-2-1-3-5-8/h1-5,7,9H,6H2,(H,12,14)/t9-,11-/m0/s1. The molecule has 3 rings (SSSR count). The lowest BCUT2D eigenvalue weighted by atomic mass is 9.89. The van der Waals surface area contributed by atoms with Crippen LogP contribution in [0.15, 0.2) is 35.3 Å². The van der Waals surface area contributed by atoms with Gasteiger partial charge in [-0.1, -0.05) is 30.3 Å². The third kappa shape index (κ3) is 1.02. The van der Waals surface area contributed by atoms with Gasteiger partial charge in [0.2, 0.25) is 5.91 Å². The van der Waals surface area contributed by atoms with E-state index in [9.17, 15) is 4.79 Å². The molecule has 0 aliphatic carbocycles. The van der Waals surface area contributed by atoms with Crippen LogP contribution in [0.1, 0.15) is 5.56 Å². The summed E-state index contributed by atoms with van der Waals surface area (Å²) in [5.74, 6) is -0.0624. The van der Waals surface area contributed by atoms with Crippen LogP contribution in [0.5, 0.6) is 0 Å². The zero-order valence-corrected chi connectivity index (χ0v) is 8.01. The van der Waals surface area contributed by atoms with Crippen LogP contribution in [0.25, 0.3) is 0 Å². The first-order valence-corrected chi connectivity index (χ1v) is 4.86. The minimum Gasteiger partial charge on any atom is -0.468 e. The molecule has 4 heteroatoms. The van der Waals surface area contributed by atoms with Crippen molar-refractivity contribution < 1.29 is 9.53 Å². The summed E-state index contributed by atoms with van der Waals surface area (Å²) in [5.41, 5.74) is 0.379. The van der Waals surface area contributed by atoms with E-state index in [0.29, 0.717) is 6.54 Å². The molecule has 2 aliphatic rings. The molecule has 1 saturated heterocycles. The van der Waals surface area contributed by atoms with E-state index in [2.05, 4.69) is 10.3 Å². The molecule has 76 valence electrons. The van der Waals surface area contributed by atoms with Crippen molar-refractivity contribution >= 4 is 12.3 Å². The monoisotopic (exact) mass is 202 g/mol. The van der Waals surface area contributed by atoms with Gasteiger partial charge in [-0.3, -0.25) is 4.79 Å². The number of carbonyl (C=O) groups excluding carboxylic acids is 1. The lowest BCUT2D eigenvalue weighted by Crippen LogP contribution is -2.37. The van der Waals surface area contributed by atoms with Crippen molar-refractivity contribution in [1.29, 1.82) is 0 Å². The average molecular weight is 202 g/mol. The molecular formula is C11H10N2O2. The quantitative estimate of drug-likeness (QED) is 0.718. The number of carbonyl (C=O) groups is 1. The Bertz CT molecular complexity index is 429. The molecular weight excluding hydrogens is 192 g/mol. The molecule has 1 fully saturated rings. The third-order valence-corrected chi connectivity index (χ3v) is 2.95. The second kappa shape index (κ2) is 2.82. The molecule has 0 bridgehead atoms. The maximum atomic E-state index is 11.5. The van der Waals surface area contributed by atoms with Crippen molar-refractivity contribution in [3.05, 3.63) is 35.9 Å². The number of rotatable bonds is 1.